The molecule has 7 heteroatoms. The number of hydrogen-bond acceptors (Lipinski definition) is 4. The molecular formula is C19H21ClFN3O2. The molecule has 3 rings (SSSR count). The van der Waals surface area contributed by atoms with Gasteiger partial charge < -0.3 is 15.0 Å². The van der Waals surface area contributed by atoms with Gasteiger partial charge >= 0.3 is 0 Å². The van der Waals surface area contributed by atoms with Crippen LogP contribution < -0.4 is 10.1 Å². The smallest absolute Gasteiger partial charge is 0.258 e. The van der Waals surface area contributed by atoms with Crippen LogP contribution in [0, 0.1) is 11.7 Å². The third kappa shape index (κ3) is 4.51. The zero-order chi connectivity index (χ0) is 18.7. The number of amides is 1. The molecule has 1 saturated heterocycles. The van der Waals surface area contributed by atoms with Crippen molar-refractivity contribution in [2.24, 2.45) is 5.92 Å². The maximum atomic E-state index is 13.1. The molecule has 0 radical (unpaired) electrons. The Balaban J connectivity index is 1.68. The van der Waals surface area contributed by atoms with Crippen LogP contribution in [-0.2, 0) is 0 Å². The van der Waals surface area contributed by atoms with E-state index in [0.29, 0.717) is 17.6 Å². The van der Waals surface area contributed by atoms with E-state index in [9.17, 15) is 9.18 Å². The number of benzene rings is 1. The van der Waals surface area contributed by atoms with Gasteiger partial charge in [-0.15, -0.1) is 0 Å². The summed E-state index contributed by atoms with van der Waals surface area (Å²) < 4.78 is 19.1. The first kappa shape index (κ1) is 18.6. The number of ether oxygens (including phenoxy) is 1. The van der Waals surface area contributed by atoms with Crippen LogP contribution in [0.25, 0.3) is 0 Å². The summed E-state index contributed by atoms with van der Waals surface area (Å²) in [6, 6.07) is 8.84. The van der Waals surface area contributed by atoms with Gasteiger partial charge in [0.05, 0.1) is 10.6 Å². The van der Waals surface area contributed by atoms with Crippen LogP contribution in [-0.4, -0.2) is 42.0 Å². The SMILES string of the molecule is C[C@H]1CN(C)CC[C@@H]1Oc1cccc(NC(=O)c2ccc(F)cc2Cl)n1. The van der Waals surface area contributed by atoms with E-state index in [1.165, 1.54) is 12.1 Å². The van der Waals surface area contributed by atoms with Gasteiger partial charge in [0, 0.05) is 25.1 Å². The molecule has 2 atom stereocenters. The van der Waals surface area contributed by atoms with Crippen molar-refractivity contribution < 1.29 is 13.9 Å². The molecule has 5 nitrogen and oxygen atoms in total. The van der Waals surface area contributed by atoms with Crippen LogP contribution >= 0.6 is 11.6 Å². The van der Waals surface area contributed by atoms with Gasteiger partial charge in [0.15, 0.2) is 0 Å². The summed E-state index contributed by atoms with van der Waals surface area (Å²) in [5.74, 6) is 0.273. The normalized spacial score (nSPS) is 20.6. The highest BCUT2D eigenvalue weighted by Crippen LogP contribution is 2.23. The highest BCUT2D eigenvalue weighted by atomic mass is 35.5. The minimum absolute atomic E-state index is 0.0510. The summed E-state index contributed by atoms with van der Waals surface area (Å²) in [7, 11) is 2.10. The Bertz CT molecular complexity index is 802. The first-order chi connectivity index (χ1) is 12.4. The van der Waals surface area contributed by atoms with Gasteiger partial charge in [-0.05, 0) is 37.7 Å². The standard InChI is InChI=1S/C19H21ClFN3O2/c1-12-11-24(2)9-8-16(12)26-18-5-3-4-17(22-18)23-19(25)14-7-6-13(21)10-15(14)20/h3-7,10,12,16H,8-9,11H2,1-2H3,(H,22,23,25)/t12-,16-/m0/s1. The van der Waals surface area contributed by atoms with E-state index < -0.39 is 11.7 Å². The number of nitrogens with zero attached hydrogens (tertiary/aromatic N) is 2. The number of rotatable bonds is 4. The van der Waals surface area contributed by atoms with E-state index in [0.717, 1.165) is 25.6 Å². The second kappa shape index (κ2) is 8.01. The lowest BCUT2D eigenvalue weighted by Crippen LogP contribution is -2.42. The lowest BCUT2D eigenvalue weighted by atomic mass is 9.97. The number of nitrogens with one attached hydrogen (secondary N) is 1. The fraction of sp³-hybridized carbons (Fsp3) is 0.368. The van der Waals surface area contributed by atoms with Crippen molar-refractivity contribution >= 4 is 23.3 Å². The monoisotopic (exact) mass is 377 g/mol. The first-order valence-electron chi connectivity index (χ1n) is 8.51. The molecule has 0 bridgehead atoms. The summed E-state index contributed by atoms with van der Waals surface area (Å²) in [5, 5.41) is 2.72. The zero-order valence-electron chi connectivity index (χ0n) is 14.7. The average molecular weight is 378 g/mol. The van der Waals surface area contributed by atoms with Gasteiger partial charge in [0.2, 0.25) is 5.88 Å². The topological polar surface area (TPSA) is 54.5 Å². The van der Waals surface area contributed by atoms with Gasteiger partial charge in [-0.25, -0.2) is 4.39 Å². The number of carbonyl (C=O) groups is 1. The quantitative estimate of drug-likeness (QED) is 0.879. The fourth-order valence-electron chi connectivity index (χ4n) is 3.07. The van der Waals surface area contributed by atoms with Gasteiger partial charge in [-0.2, -0.15) is 4.98 Å². The molecular weight excluding hydrogens is 357 g/mol. The van der Waals surface area contributed by atoms with Gasteiger partial charge in [-0.3, -0.25) is 4.79 Å². The Labute approximate surface area is 157 Å². The highest BCUT2D eigenvalue weighted by Gasteiger charge is 2.26. The van der Waals surface area contributed by atoms with Crippen LogP contribution in [0.2, 0.25) is 5.02 Å². The van der Waals surface area contributed by atoms with E-state index in [1.54, 1.807) is 18.2 Å². The molecule has 0 spiro atoms. The van der Waals surface area contributed by atoms with Crippen LogP contribution in [0.15, 0.2) is 36.4 Å². The van der Waals surface area contributed by atoms with Crippen LogP contribution in [0.1, 0.15) is 23.7 Å². The number of halogens is 2. The lowest BCUT2D eigenvalue weighted by molar-refractivity contribution is 0.0606. The van der Waals surface area contributed by atoms with E-state index in [-0.39, 0.29) is 16.7 Å². The van der Waals surface area contributed by atoms with Crippen LogP contribution in [0.3, 0.4) is 0 Å². The number of piperidine rings is 1. The molecule has 0 saturated carbocycles. The number of anilines is 1. The molecule has 0 unspecified atom stereocenters. The third-order valence-electron chi connectivity index (χ3n) is 4.44. The molecule has 1 fully saturated rings. The molecule has 1 amide bonds. The minimum Gasteiger partial charge on any atom is -0.474 e. The van der Waals surface area contributed by atoms with Crippen LogP contribution in [0.5, 0.6) is 5.88 Å². The molecule has 1 aliphatic heterocycles. The Morgan fingerprint density at radius 1 is 1.38 bits per heavy atom. The Kier molecular flexibility index (Phi) is 5.74. The number of pyridine rings is 1. The predicted octanol–water partition coefficient (Wildman–Crippen LogP) is 3.85. The molecule has 0 aliphatic carbocycles. The van der Waals surface area contributed by atoms with Crippen molar-refractivity contribution in [3.05, 3.63) is 52.8 Å². The predicted molar refractivity (Wildman–Crippen MR) is 99.3 cm³/mol. The average Bonchev–Trinajstić information content (AvgIpc) is 2.57. The summed E-state index contributed by atoms with van der Waals surface area (Å²) in [5.41, 5.74) is 0.185. The summed E-state index contributed by atoms with van der Waals surface area (Å²) in [6.07, 6.45) is 1.03. The second-order valence-corrected chi connectivity index (χ2v) is 7.03. The molecule has 1 aliphatic rings. The molecule has 2 aromatic rings. The number of hydrogen-bond donors (Lipinski definition) is 1. The van der Waals surface area contributed by atoms with Gasteiger partial charge in [0.1, 0.15) is 17.7 Å². The summed E-state index contributed by atoms with van der Waals surface area (Å²) >= 11 is 5.93. The van der Waals surface area contributed by atoms with E-state index in [4.69, 9.17) is 16.3 Å². The summed E-state index contributed by atoms with van der Waals surface area (Å²) in [6.45, 7) is 4.11. The number of aromatic nitrogens is 1. The minimum atomic E-state index is -0.493. The van der Waals surface area contributed by atoms with Crippen molar-refractivity contribution in [2.75, 3.05) is 25.5 Å². The van der Waals surface area contributed by atoms with Crippen LogP contribution in [0.4, 0.5) is 10.2 Å². The molecule has 26 heavy (non-hydrogen) atoms. The molecule has 138 valence electrons. The molecule has 2 heterocycles. The Hall–Kier alpha value is -2.18. The van der Waals surface area contributed by atoms with E-state index in [1.807, 2.05) is 0 Å². The second-order valence-electron chi connectivity index (χ2n) is 6.62. The van der Waals surface area contributed by atoms with Crippen molar-refractivity contribution in [3.63, 3.8) is 0 Å². The van der Waals surface area contributed by atoms with Gasteiger partial charge in [0.25, 0.3) is 5.91 Å². The highest BCUT2D eigenvalue weighted by molar-refractivity contribution is 6.34. The van der Waals surface area contributed by atoms with E-state index >= 15 is 0 Å². The molecule has 1 aromatic heterocycles. The molecule has 1 N–H and O–H groups in total. The zero-order valence-corrected chi connectivity index (χ0v) is 15.5. The lowest BCUT2D eigenvalue weighted by Gasteiger charge is -2.34. The number of carbonyl (C=O) groups excluding carboxylic acids is 1. The molecule has 1 aromatic carbocycles. The van der Waals surface area contributed by atoms with Crippen molar-refractivity contribution in [2.45, 2.75) is 19.4 Å². The third-order valence-corrected chi connectivity index (χ3v) is 4.76. The maximum Gasteiger partial charge on any atom is 0.258 e. The largest absolute Gasteiger partial charge is 0.474 e. The fourth-order valence-corrected chi connectivity index (χ4v) is 3.32. The maximum absolute atomic E-state index is 13.1. The van der Waals surface area contributed by atoms with E-state index in [2.05, 4.69) is 29.2 Å². The first-order valence-corrected chi connectivity index (χ1v) is 8.89. The Morgan fingerprint density at radius 2 is 2.19 bits per heavy atom. The van der Waals surface area contributed by atoms with Gasteiger partial charge in [-0.1, -0.05) is 24.6 Å². The summed E-state index contributed by atoms with van der Waals surface area (Å²) in [4.78, 5) is 19.0. The number of likely N-dealkylation sites (tertiary alicyclic amines) is 1. The van der Waals surface area contributed by atoms with Crippen molar-refractivity contribution in [1.82, 2.24) is 9.88 Å². The Morgan fingerprint density at radius 3 is 2.92 bits per heavy atom. The van der Waals surface area contributed by atoms with Crippen molar-refractivity contribution in [1.29, 1.82) is 0 Å². The van der Waals surface area contributed by atoms with Crippen molar-refractivity contribution in [3.8, 4) is 5.88 Å².